The Labute approximate surface area is 259 Å². The molecule has 44 heavy (non-hydrogen) atoms. The Kier molecular flexibility index (Phi) is 9.59. The minimum absolute atomic E-state index is 0.235. The van der Waals surface area contributed by atoms with Gasteiger partial charge in [0.1, 0.15) is 5.76 Å². The van der Waals surface area contributed by atoms with E-state index in [2.05, 4.69) is 20.0 Å². The summed E-state index contributed by atoms with van der Waals surface area (Å²) in [6.07, 6.45) is 14.8. The molecule has 2 aromatic carbocycles. The molecule has 1 atom stereocenters. The zero-order valence-corrected chi connectivity index (χ0v) is 25.8. The monoisotopic (exact) mass is 615 g/mol. The number of hydrogen-bond donors (Lipinski definition) is 3. The number of aliphatic hydroxyl groups excluding tert-OH is 1. The van der Waals surface area contributed by atoms with Crippen molar-refractivity contribution in [3.63, 3.8) is 0 Å². The summed E-state index contributed by atoms with van der Waals surface area (Å²) in [4.78, 5) is 10.8. The average Bonchev–Trinajstić information content (AvgIpc) is 3.82. The molecule has 1 aliphatic heterocycles. The molecule has 1 fully saturated rings. The van der Waals surface area contributed by atoms with Crippen LogP contribution in [-0.4, -0.2) is 43.1 Å². The number of sulfonamides is 1. The van der Waals surface area contributed by atoms with Crippen molar-refractivity contribution in [1.29, 1.82) is 0 Å². The van der Waals surface area contributed by atoms with Gasteiger partial charge in [-0.3, -0.25) is 14.6 Å². The summed E-state index contributed by atoms with van der Waals surface area (Å²) < 4.78 is 35.3. The van der Waals surface area contributed by atoms with Crippen LogP contribution in [0.3, 0.4) is 0 Å². The van der Waals surface area contributed by atoms with E-state index in [4.69, 9.17) is 4.42 Å². The summed E-state index contributed by atoms with van der Waals surface area (Å²) in [7, 11) is -3.75. The molecule has 10 heteroatoms. The summed E-state index contributed by atoms with van der Waals surface area (Å²) >= 11 is 0. The van der Waals surface area contributed by atoms with Crippen molar-refractivity contribution in [2.24, 2.45) is 5.92 Å². The Morgan fingerprint density at radius 1 is 1.05 bits per heavy atom. The molecule has 0 bridgehead atoms. The second kappa shape index (κ2) is 13.9. The fraction of sp³-hybridized carbons (Fsp3) is 0.412. The first kappa shape index (κ1) is 30.3. The third-order valence-electron chi connectivity index (χ3n) is 8.74. The fourth-order valence-electron chi connectivity index (χ4n) is 6.26. The standard InChI is InChI=1S/C34H41N5O4S/c40-33(28-8-4-18-35-22-28)24-36-19-16-26-10-12-29(13-11-26)38-44(41,42)31-14-15-32-27(21-31)17-20-39(32)34-37-23-30(43-34)9-3-7-25-5-1-2-6-25/h4,8,10-15,18,21-23,25,33,36,38,40H,1-3,5-7,9,16-17,19-20,24H2. The molecule has 2 aromatic heterocycles. The van der Waals surface area contributed by atoms with Crippen LogP contribution in [0, 0.1) is 5.92 Å². The predicted octanol–water partition coefficient (Wildman–Crippen LogP) is 5.94. The van der Waals surface area contributed by atoms with Crippen molar-refractivity contribution in [3.8, 4) is 0 Å². The number of nitrogens with zero attached hydrogens (tertiary/aromatic N) is 3. The fourth-order valence-corrected chi connectivity index (χ4v) is 7.37. The highest BCUT2D eigenvalue weighted by Crippen LogP contribution is 2.36. The molecule has 1 saturated carbocycles. The molecular weight excluding hydrogens is 574 g/mol. The van der Waals surface area contributed by atoms with Crippen molar-refractivity contribution in [2.45, 2.75) is 68.8 Å². The maximum absolute atomic E-state index is 13.2. The van der Waals surface area contributed by atoms with Gasteiger partial charge in [-0.05, 0) is 79.3 Å². The lowest BCUT2D eigenvalue weighted by molar-refractivity contribution is 0.174. The van der Waals surface area contributed by atoms with Crippen LogP contribution in [-0.2, 0) is 29.3 Å². The molecule has 3 N–H and O–H groups in total. The highest BCUT2D eigenvalue weighted by Gasteiger charge is 2.26. The van der Waals surface area contributed by atoms with Gasteiger partial charge in [-0.2, -0.15) is 0 Å². The molecule has 9 nitrogen and oxygen atoms in total. The van der Waals surface area contributed by atoms with Crippen LogP contribution in [0.4, 0.5) is 17.4 Å². The van der Waals surface area contributed by atoms with Gasteiger partial charge < -0.3 is 14.8 Å². The van der Waals surface area contributed by atoms with Crippen molar-refractivity contribution >= 4 is 27.4 Å². The quantitative estimate of drug-likeness (QED) is 0.149. The second-order valence-electron chi connectivity index (χ2n) is 11.9. The summed E-state index contributed by atoms with van der Waals surface area (Å²) in [5, 5.41) is 13.5. The lowest BCUT2D eigenvalue weighted by atomic mass is 10.0. The zero-order valence-electron chi connectivity index (χ0n) is 25.0. The first-order valence-electron chi connectivity index (χ1n) is 15.7. The Morgan fingerprint density at radius 2 is 1.89 bits per heavy atom. The van der Waals surface area contributed by atoms with E-state index in [1.165, 1.54) is 32.1 Å². The lowest BCUT2D eigenvalue weighted by Crippen LogP contribution is -2.23. The summed E-state index contributed by atoms with van der Waals surface area (Å²) in [5.41, 5.74) is 4.26. The third kappa shape index (κ3) is 7.49. The van der Waals surface area contributed by atoms with E-state index in [0.717, 1.165) is 59.7 Å². The van der Waals surface area contributed by atoms with Gasteiger partial charge in [0.15, 0.2) is 0 Å². The number of nitrogens with one attached hydrogen (secondary N) is 2. The Morgan fingerprint density at radius 3 is 2.68 bits per heavy atom. The highest BCUT2D eigenvalue weighted by atomic mass is 32.2. The van der Waals surface area contributed by atoms with Crippen molar-refractivity contribution in [3.05, 3.63) is 95.6 Å². The van der Waals surface area contributed by atoms with E-state index in [9.17, 15) is 13.5 Å². The number of benzene rings is 2. The van der Waals surface area contributed by atoms with Gasteiger partial charge in [0.05, 0.1) is 17.2 Å². The third-order valence-corrected chi connectivity index (χ3v) is 10.1. The molecule has 1 aliphatic carbocycles. The topological polar surface area (TPSA) is 121 Å². The molecule has 0 radical (unpaired) electrons. The van der Waals surface area contributed by atoms with Gasteiger partial charge >= 0.3 is 6.01 Å². The van der Waals surface area contributed by atoms with Crippen LogP contribution in [0.5, 0.6) is 0 Å². The maximum Gasteiger partial charge on any atom is 0.302 e. The van der Waals surface area contributed by atoms with Crippen molar-refractivity contribution in [2.75, 3.05) is 29.3 Å². The van der Waals surface area contributed by atoms with E-state index in [1.807, 2.05) is 35.4 Å². The molecule has 2 aliphatic rings. The molecule has 232 valence electrons. The number of aryl methyl sites for hydroxylation is 1. The molecular formula is C34H41N5O4S. The van der Waals surface area contributed by atoms with Crippen LogP contribution in [0.2, 0.25) is 0 Å². The highest BCUT2D eigenvalue weighted by molar-refractivity contribution is 7.92. The van der Waals surface area contributed by atoms with E-state index in [0.29, 0.717) is 31.3 Å². The minimum Gasteiger partial charge on any atom is -0.428 e. The summed E-state index contributed by atoms with van der Waals surface area (Å²) in [6.45, 7) is 1.82. The normalized spacial score (nSPS) is 15.9. The first-order chi connectivity index (χ1) is 21.4. The number of fused-ring (bicyclic) bond motifs is 1. The number of anilines is 3. The second-order valence-corrected chi connectivity index (χ2v) is 13.6. The SMILES string of the molecule is O=S(=O)(Nc1ccc(CCNCC(O)c2cccnc2)cc1)c1ccc2c(c1)CCN2c1ncc(CCCC2CCCC2)o1. The van der Waals surface area contributed by atoms with E-state index >= 15 is 0 Å². The summed E-state index contributed by atoms with van der Waals surface area (Å²) in [5.74, 6) is 1.79. The molecule has 3 heterocycles. The van der Waals surface area contributed by atoms with Gasteiger partial charge in [0, 0.05) is 48.8 Å². The number of hydrogen-bond acceptors (Lipinski definition) is 8. The number of aromatic nitrogens is 2. The zero-order chi connectivity index (χ0) is 30.4. The maximum atomic E-state index is 13.2. The first-order valence-corrected chi connectivity index (χ1v) is 17.2. The van der Waals surface area contributed by atoms with Gasteiger partial charge in [0.25, 0.3) is 10.0 Å². The van der Waals surface area contributed by atoms with Crippen LogP contribution in [0.25, 0.3) is 0 Å². The van der Waals surface area contributed by atoms with Gasteiger partial charge in [-0.15, -0.1) is 0 Å². The van der Waals surface area contributed by atoms with E-state index in [-0.39, 0.29) is 4.90 Å². The molecule has 0 spiro atoms. The molecule has 0 amide bonds. The lowest BCUT2D eigenvalue weighted by Gasteiger charge is -2.15. The molecule has 6 rings (SSSR count). The molecule has 1 unspecified atom stereocenters. The van der Waals surface area contributed by atoms with Gasteiger partial charge in [-0.1, -0.05) is 50.3 Å². The number of oxazole rings is 1. The average molecular weight is 616 g/mol. The predicted molar refractivity (Wildman–Crippen MR) is 172 cm³/mol. The van der Waals surface area contributed by atoms with E-state index < -0.39 is 16.1 Å². The van der Waals surface area contributed by atoms with Crippen LogP contribution in [0.15, 0.2) is 82.5 Å². The number of pyridine rings is 1. The van der Waals surface area contributed by atoms with Gasteiger partial charge in [0.2, 0.25) is 0 Å². The largest absolute Gasteiger partial charge is 0.428 e. The van der Waals surface area contributed by atoms with Crippen LogP contribution >= 0.6 is 0 Å². The molecule has 4 aromatic rings. The van der Waals surface area contributed by atoms with Crippen LogP contribution < -0.4 is 14.9 Å². The van der Waals surface area contributed by atoms with Crippen LogP contribution in [0.1, 0.15) is 67.1 Å². The Balaban J connectivity index is 0.999. The minimum atomic E-state index is -3.75. The van der Waals surface area contributed by atoms with Crippen molar-refractivity contribution in [1.82, 2.24) is 15.3 Å². The van der Waals surface area contributed by atoms with Gasteiger partial charge in [-0.25, -0.2) is 13.4 Å². The van der Waals surface area contributed by atoms with E-state index in [1.54, 1.807) is 42.7 Å². The Bertz CT molecular complexity index is 1620. The Hall–Kier alpha value is -3.73. The molecule has 0 saturated heterocycles. The number of aliphatic hydroxyl groups is 1. The smallest absolute Gasteiger partial charge is 0.302 e. The summed E-state index contributed by atoms with van der Waals surface area (Å²) in [6, 6.07) is 16.9. The van der Waals surface area contributed by atoms with Crippen molar-refractivity contribution < 1.29 is 17.9 Å². The number of rotatable bonds is 14.